The summed E-state index contributed by atoms with van der Waals surface area (Å²) in [7, 11) is 0. The van der Waals surface area contributed by atoms with Gasteiger partial charge in [0.2, 0.25) is 5.91 Å². The number of halogens is 2. The first-order valence-corrected chi connectivity index (χ1v) is 9.24. The van der Waals surface area contributed by atoms with Gasteiger partial charge in [-0.25, -0.2) is 13.6 Å². The van der Waals surface area contributed by atoms with E-state index < -0.39 is 17.7 Å². The summed E-state index contributed by atoms with van der Waals surface area (Å²) in [4.78, 5) is 28.6. The van der Waals surface area contributed by atoms with Crippen molar-refractivity contribution in [3.8, 4) is 0 Å². The van der Waals surface area contributed by atoms with Crippen LogP contribution >= 0.6 is 0 Å². The summed E-state index contributed by atoms with van der Waals surface area (Å²) in [5, 5.41) is 2.47. The number of anilines is 1. The van der Waals surface area contributed by atoms with Crippen LogP contribution in [-0.2, 0) is 4.79 Å². The minimum Gasteiger partial charge on any atom is -0.342 e. The van der Waals surface area contributed by atoms with Gasteiger partial charge >= 0.3 is 6.03 Å². The van der Waals surface area contributed by atoms with E-state index in [0.717, 1.165) is 50.9 Å². The van der Waals surface area contributed by atoms with Gasteiger partial charge in [-0.15, -0.1) is 0 Å². The smallest absolute Gasteiger partial charge is 0.321 e. The van der Waals surface area contributed by atoms with Gasteiger partial charge in [0.05, 0.1) is 11.6 Å². The zero-order chi connectivity index (χ0) is 18.7. The van der Waals surface area contributed by atoms with E-state index >= 15 is 0 Å². The first-order chi connectivity index (χ1) is 12.4. The molecule has 2 saturated heterocycles. The lowest BCUT2D eigenvalue weighted by Crippen LogP contribution is -2.49. The van der Waals surface area contributed by atoms with Crippen molar-refractivity contribution in [2.24, 2.45) is 11.8 Å². The molecule has 0 unspecified atom stereocenters. The highest BCUT2D eigenvalue weighted by molar-refractivity contribution is 5.90. The van der Waals surface area contributed by atoms with Crippen LogP contribution in [0, 0.1) is 23.5 Å². The molecule has 142 valence electrons. The van der Waals surface area contributed by atoms with Gasteiger partial charge in [-0.1, -0.05) is 6.92 Å². The molecule has 1 N–H and O–H groups in total. The number of benzene rings is 1. The Balaban J connectivity index is 1.59. The van der Waals surface area contributed by atoms with Crippen LogP contribution in [0.3, 0.4) is 0 Å². The largest absolute Gasteiger partial charge is 0.342 e. The third-order valence-electron chi connectivity index (χ3n) is 5.33. The number of likely N-dealkylation sites (tertiary alicyclic amines) is 2. The standard InChI is InChI=1S/C19H25F2N3O2/c1-13-6-9-23(10-7-13)18(25)14-3-2-8-24(12-14)19(26)22-17-5-4-15(20)11-16(17)21/h4-5,11,13-14H,2-3,6-10,12H2,1H3,(H,22,26)/t14-/m1/s1. The first kappa shape index (κ1) is 18.6. The van der Waals surface area contributed by atoms with Crippen LogP contribution in [0.15, 0.2) is 18.2 Å². The van der Waals surface area contributed by atoms with Crippen LogP contribution in [0.4, 0.5) is 19.3 Å². The van der Waals surface area contributed by atoms with Crippen LogP contribution < -0.4 is 5.32 Å². The van der Waals surface area contributed by atoms with Gasteiger partial charge in [-0.05, 0) is 43.7 Å². The Labute approximate surface area is 152 Å². The second-order valence-corrected chi connectivity index (χ2v) is 7.35. The lowest BCUT2D eigenvalue weighted by atomic mass is 9.93. The quantitative estimate of drug-likeness (QED) is 0.873. The molecule has 26 heavy (non-hydrogen) atoms. The van der Waals surface area contributed by atoms with Crippen molar-refractivity contribution >= 4 is 17.6 Å². The summed E-state index contributed by atoms with van der Waals surface area (Å²) >= 11 is 0. The molecule has 0 saturated carbocycles. The SMILES string of the molecule is CC1CCN(C(=O)[C@@H]2CCCN(C(=O)Nc3ccc(F)cc3F)C2)CC1. The average Bonchev–Trinajstić information content (AvgIpc) is 2.64. The third-order valence-corrected chi connectivity index (χ3v) is 5.33. The van der Waals surface area contributed by atoms with E-state index in [2.05, 4.69) is 12.2 Å². The van der Waals surface area contributed by atoms with Gasteiger partial charge in [-0.2, -0.15) is 0 Å². The van der Waals surface area contributed by atoms with Gasteiger partial charge in [0.15, 0.2) is 0 Å². The number of hydrogen-bond acceptors (Lipinski definition) is 2. The van der Waals surface area contributed by atoms with Gasteiger partial charge < -0.3 is 15.1 Å². The fraction of sp³-hybridized carbons (Fsp3) is 0.579. The maximum absolute atomic E-state index is 13.7. The molecule has 1 aromatic carbocycles. The molecule has 1 atom stereocenters. The Bertz CT molecular complexity index is 675. The average molecular weight is 365 g/mol. The number of amides is 3. The van der Waals surface area contributed by atoms with Crippen molar-refractivity contribution in [1.82, 2.24) is 9.80 Å². The van der Waals surface area contributed by atoms with E-state index in [1.165, 1.54) is 6.07 Å². The van der Waals surface area contributed by atoms with Crippen molar-refractivity contribution in [3.63, 3.8) is 0 Å². The highest BCUT2D eigenvalue weighted by Crippen LogP contribution is 2.24. The third kappa shape index (κ3) is 4.31. The molecular formula is C19H25F2N3O2. The van der Waals surface area contributed by atoms with E-state index in [4.69, 9.17) is 0 Å². The number of carbonyl (C=O) groups excluding carboxylic acids is 2. The van der Waals surface area contributed by atoms with Gasteiger partial charge in [0.25, 0.3) is 0 Å². The van der Waals surface area contributed by atoms with Crippen molar-refractivity contribution in [1.29, 1.82) is 0 Å². The predicted octanol–water partition coefficient (Wildman–Crippen LogP) is 3.47. The van der Waals surface area contributed by atoms with E-state index in [9.17, 15) is 18.4 Å². The number of piperidine rings is 2. The van der Waals surface area contributed by atoms with E-state index in [1.54, 1.807) is 4.90 Å². The Morgan fingerprint density at radius 2 is 1.81 bits per heavy atom. The fourth-order valence-electron chi connectivity index (χ4n) is 3.64. The number of rotatable bonds is 2. The molecule has 2 fully saturated rings. The molecule has 7 heteroatoms. The highest BCUT2D eigenvalue weighted by Gasteiger charge is 2.32. The lowest BCUT2D eigenvalue weighted by Gasteiger charge is -2.37. The molecule has 2 aliphatic heterocycles. The summed E-state index contributed by atoms with van der Waals surface area (Å²) in [5.41, 5.74) is -0.0603. The second kappa shape index (κ2) is 8.01. The zero-order valence-electron chi connectivity index (χ0n) is 15.0. The van der Waals surface area contributed by atoms with Crippen molar-refractivity contribution in [3.05, 3.63) is 29.8 Å². The molecular weight excluding hydrogens is 340 g/mol. The van der Waals surface area contributed by atoms with Crippen LogP contribution in [0.1, 0.15) is 32.6 Å². The predicted molar refractivity (Wildman–Crippen MR) is 94.7 cm³/mol. The zero-order valence-corrected chi connectivity index (χ0v) is 15.0. The Morgan fingerprint density at radius 3 is 2.50 bits per heavy atom. The maximum atomic E-state index is 13.7. The Kier molecular flexibility index (Phi) is 5.74. The molecule has 0 aromatic heterocycles. The van der Waals surface area contributed by atoms with Crippen LogP contribution in [0.5, 0.6) is 0 Å². The molecule has 3 amide bonds. The minimum absolute atomic E-state index is 0.0603. The molecule has 2 heterocycles. The van der Waals surface area contributed by atoms with E-state index in [0.29, 0.717) is 19.0 Å². The van der Waals surface area contributed by atoms with Crippen molar-refractivity contribution in [2.75, 3.05) is 31.5 Å². The van der Waals surface area contributed by atoms with Crippen molar-refractivity contribution < 1.29 is 18.4 Å². The topological polar surface area (TPSA) is 52.7 Å². The minimum atomic E-state index is -0.814. The summed E-state index contributed by atoms with van der Waals surface area (Å²) < 4.78 is 26.7. The lowest BCUT2D eigenvalue weighted by molar-refractivity contribution is -0.138. The Morgan fingerprint density at radius 1 is 1.08 bits per heavy atom. The van der Waals surface area contributed by atoms with Gasteiger partial charge in [0.1, 0.15) is 11.6 Å². The van der Waals surface area contributed by atoms with Gasteiger partial charge in [-0.3, -0.25) is 4.79 Å². The molecule has 5 nitrogen and oxygen atoms in total. The molecule has 0 spiro atoms. The molecule has 1 aromatic rings. The molecule has 0 aliphatic carbocycles. The number of hydrogen-bond donors (Lipinski definition) is 1. The first-order valence-electron chi connectivity index (χ1n) is 9.24. The summed E-state index contributed by atoms with van der Waals surface area (Å²) in [6.45, 7) is 4.62. The fourth-order valence-corrected chi connectivity index (χ4v) is 3.64. The number of nitrogens with one attached hydrogen (secondary N) is 1. The Hall–Kier alpha value is -2.18. The normalized spacial score (nSPS) is 21.6. The van der Waals surface area contributed by atoms with Crippen molar-refractivity contribution in [2.45, 2.75) is 32.6 Å². The van der Waals surface area contributed by atoms with Crippen LogP contribution in [0.2, 0.25) is 0 Å². The summed E-state index contributed by atoms with van der Waals surface area (Å²) in [5.74, 6) is -0.952. The van der Waals surface area contributed by atoms with Gasteiger partial charge in [0, 0.05) is 32.2 Å². The summed E-state index contributed by atoms with van der Waals surface area (Å²) in [6.07, 6.45) is 3.54. The second-order valence-electron chi connectivity index (χ2n) is 7.35. The number of nitrogens with zero attached hydrogens (tertiary/aromatic N) is 2. The molecule has 0 radical (unpaired) electrons. The van der Waals surface area contributed by atoms with Crippen LogP contribution in [0.25, 0.3) is 0 Å². The van der Waals surface area contributed by atoms with Crippen LogP contribution in [-0.4, -0.2) is 47.9 Å². The monoisotopic (exact) mass is 365 g/mol. The van der Waals surface area contributed by atoms with E-state index in [1.807, 2.05) is 4.90 Å². The number of carbonyl (C=O) groups is 2. The number of urea groups is 1. The summed E-state index contributed by atoms with van der Waals surface area (Å²) in [6, 6.07) is 2.57. The highest BCUT2D eigenvalue weighted by atomic mass is 19.1. The van der Waals surface area contributed by atoms with E-state index in [-0.39, 0.29) is 17.5 Å². The molecule has 0 bridgehead atoms. The maximum Gasteiger partial charge on any atom is 0.321 e. The molecule has 3 rings (SSSR count). The molecule has 2 aliphatic rings.